The molecule has 1 unspecified atom stereocenters. The van der Waals surface area contributed by atoms with Gasteiger partial charge in [-0.3, -0.25) is 4.98 Å². The van der Waals surface area contributed by atoms with Crippen LogP contribution in [0.2, 0.25) is 5.02 Å². The van der Waals surface area contributed by atoms with Crippen LogP contribution in [0.15, 0.2) is 30.5 Å². The molecule has 1 atom stereocenters. The summed E-state index contributed by atoms with van der Waals surface area (Å²) in [7, 11) is 2.68. The highest BCUT2D eigenvalue weighted by Crippen LogP contribution is 2.38. The second-order valence-corrected chi connectivity index (χ2v) is 6.88. The van der Waals surface area contributed by atoms with E-state index in [1.165, 1.54) is 0 Å². The van der Waals surface area contributed by atoms with Gasteiger partial charge >= 0.3 is 0 Å². The van der Waals surface area contributed by atoms with Crippen LogP contribution in [0.25, 0.3) is 0 Å². The quantitative estimate of drug-likeness (QED) is 0.682. The van der Waals surface area contributed by atoms with Crippen LogP contribution in [0, 0.1) is 6.92 Å². The minimum absolute atomic E-state index is 0.506. The predicted octanol–water partition coefficient (Wildman–Crippen LogP) is 3.21. The van der Waals surface area contributed by atoms with Gasteiger partial charge in [-0.1, -0.05) is 11.6 Å². The maximum absolute atomic E-state index is 6.47. The van der Waals surface area contributed by atoms with E-state index in [4.69, 9.17) is 26.8 Å². The van der Waals surface area contributed by atoms with Crippen LogP contribution in [0.1, 0.15) is 24.1 Å². The Balaban J connectivity index is 2.02. The number of nitrogens with two attached hydrogens (primary N) is 1. The van der Waals surface area contributed by atoms with Gasteiger partial charge in [0.05, 0.1) is 23.9 Å². The summed E-state index contributed by atoms with van der Waals surface area (Å²) in [4.78, 5) is 4.57. The molecule has 2 N–H and O–H groups in total. The van der Waals surface area contributed by atoms with Gasteiger partial charge in [-0.2, -0.15) is 0 Å². The summed E-state index contributed by atoms with van der Waals surface area (Å²) in [6.07, 6.45) is 3.17. The van der Waals surface area contributed by atoms with E-state index in [2.05, 4.69) is 14.2 Å². The van der Waals surface area contributed by atoms with Crippen LogP contribution in [0.4, 0.5) is 5.69 Å². The molecule has 1 aliphatic heterocycles. The summed E-state index contributed by atoms with van der Waals surface area (Å²) >= 11 is 6.06. The molecule has 1 aliphatic rings. The van der Waals surface area contributed by atoms with Crippen LogP contribution in [0.5, 0.6) is 5.75 Å². The number of benzene rings is 1. The first kappa shape index (κ1) is 16.5. The summed E-state index contributed by atoms with van der Waals surface area (Å²) < 4.78 is 12.0. The van der Waals surface area contributed by atoms with Crippen molar-refractivity contribution in [1.29, 1.82) is 0 Å². The lowest BCUT2D eigenvalue weighted by atomic mass is 9.87. The molecule has 122 valence electrons. The standard InChI is InChI=1S/C17H20ClN2O2P/c1-11-8-12(18)10-20-16(11)17(4-6-21-7-5-17)22-14-3-2-13(19)9-15(14)23/h2-3,8-10H,4-7,19,23H2,1H3. The van der Waals surface area contributed by atoms with E-state index in [9.17, 15) is 0 Å². The molecule has 0 aliphatic carbocycles. The fourth-order valence-corrected chi connectivity index (χ4v) is 3.54. The zero-order valence-corrected chi connectivity index (χ0v) is 14.9. The van der Waals surface area contributed by atoms with E-state index in [0.717, 1.165) is 35.2 Å². The van der Waals surface area contributed by atoms with Crippen molar-refractivity contribution in [2.75, 3.05) is 18.9 Å². The maximum atomic E-state index is 6.47. The van der Waals surface area contributed by atoms with Crippen molar-refractivity contribution < 1.29 is 9.47 Å². The molecule has 0 radical (unpaired) electrons. The zero-order valence-electron chi connectivity index (χ0n) is 13.0. The number of nitrogen functional groups attached to an aromatic ring is 1. The van der Waals surface area contributed by atoms with Gasteiger partial charge in [-0.25, -0.2) is 0 Å². The number of halogens is 1. The highest BCUT2D eigenvalue weighted by molar-refractivity contribution is 7.27. The summed E-state index contributed by atoms with van der Waals surface area (Å²) in [6, 6.07) is 7.56. The second kappa shape index (κ2) is 6.64. The summed E-state index contributed by atoms with van der Waals surface area (Å²) in [6.45, 7) is 3.30. The monoisotopic (exact) mass is 350 g/mol. The van der Waals surface area contributed by atoms with Crippen molar-refractivity contribution in [2.24, 2.45) is 0 Å². The van der Waals surface area contributed by atoms with E-state index >= 15 is 0 Å². The number of aromatic nitrogens is 1. The van der Waals surface area contributed by atoms with E-state index in [0.29, 0.717) is 23.9 Å². The van der Waals surface area contributed by atoms with Crippen molar-refractivity contribution in [1.82, 2.24) is 4.98 Å². The first-order valence-electron chi connectivity index (χ1n) is 7.54. The molecular weight excluding hydrogens is 331 g/mol. The number of pyridine rings is 1. The molecule has 0 spiro atoms. The fourth-order valence-electron chi connectivity index (χ4n) is 2.98. The van der Waals surface area contributed by atoms with Gasteiger partial charge in [-0.15, -0.1) is 9.24 Å². The van der Waals surface area contributed by atoms with Gasteiger partial charge in [0.1, 0.15) is 5.75 Å². The molecule has 1 fully saturated rings. The number of nitrogens with zero attached hydrogens (tertiary/aromatic N) is 1. The number of hydrogen-bond acceptors (Lipinski definition) is 4. The Morgan fingerprint density at radius 1 is 1.30 bits per heavy atom. The SMILES string of the molecule is Cc1cc(Cl)cnc1C1(Oc2ccc(N)cc2P)CCOCC1. The van der Waals surface area contributed by atoms with Crippen LogP contribution in [-0.4, -0.2) is 18.2 Å². The largest absolute Gasteiger partial charge is 0.480 e. The predicted molar refractivity (Wildman–Crippen MR) is 96.5 cm³/mol. The first-order valence-corrected chi connectivity index (χ1v) is 8.50. The minimum Gasteiger partial charge on any atom is -0.480 e. The van der Waals surface area contributed by atoms with Crippen molar-refractivity contribution in [3.63, 3.8) is 0 Å². The number of ether oxygens (including phenoxy) is 2. The lowest BCUT2D eigenvalue weighted by Gasteiger charge is -2.38. The van der Waals surface area contributed by atoms with Crippen LogP contribution < -0.4 is 15.8 Å². The number of aryl methyl sites for hydroxylation is 1. The summed E-state index contributed by atoms with van der Waals surface area (Å²) in [5.41, 5.74) is 7.99. The third kappa shape index (κ3) is 3.45. The molecule has 0 saturated carbocycles. The maximum Gasteiger partial charge on any atom is 0.155 e. The number of rotatable bonds is 3. The first-order chi connectivity index (χ1) is 11.0. The molecule has 0 bridgehead atoms. The Bertz CT molecular complexity index is 718. The molecule has 23 heavy (non-hydrogen) atoms. The average molecular weight is 351 g/mol. The van der Waals surface area contributed by atoms with Crippen molar-refractivity contribution in [3.05, 3.63) is 46.7 Å². The van der Waals surface area contributed by atoms with Crippen molar-refractivity contribution >= 4 is 31.8 Å². The van der Waals surface area contributed by atoms with Crippen LogP contribution in [0.3, 0.4) is 0 Å². The van der Waals surface area contributed by atoms with Crippen LogP contribution in [-0.2, 0) is 10.3 Å². The van der Waals surface area contributed by atoms with E-state index < -0.39 is 5.60 Å². The molecule has 6 heteroatoms. The van der Waals surface area contributed by atoms with Crippen molar-refractivity contribution in [2.45, 2.75) is 25.4 Å². The van der Waals surface area contributed by atoms with E-state index in [1.807, 2.05) is 31.2 Å². The highest BCUT2D eigenvalue weighted by atomic mass is 35.5. The Morgan fingerprint density at radius 3 is 2.70 bits per heavy atom. The Hall–Kier alpha value is -1.35. The minimum atomic E-state index is -0.506. The second-order valence-electron chi connectivity index (χ2n) is 5.83. The molecule has 0 amide bonds. The normalized spacial score (nSPS) is 17.0. The smallest absolute Gasteiger partial charge is 0.155 e. The average Bonchev–Trinajstić information content (AvgIpc) is 2.51. The fraction of sp³-hybridized carbons (Fsp3) is 0.353. The number of anilines is 1. The lowest BCUT2D eigenvalue weighted by Crippen LogP contribution is -2.41. The summed E-state index contributed by atoms with van der Waals surface area (Å²) in [5.74, 6) is 0.794. The molecule has 1 aromatic carbocycles. The Morgan fingerprint density at radius 2 is 2.04 bits per heavy atom. The van der Waals surface area contributed by atoms with Gasteiger partial charge in [-0.05, 0) is 36.8 Å². The molecule has 1 aromatic heterocycles. The molecule has 2 heterocycles. The van der Waals surface area contributed by atoms with Crippen LogP contribution >= 0.6 is 20.8 Å². The Kier molecular flexibility index (Phi) is 4.77. The van der Waals surface area contributed by atoms with Gasteiger partial charge in [0.15, 0.2) is 5.60 Å². The zero-order chi connectivity index (χ0) is 16.4. The molecule has 3 rings (SSSR count). The lowest BCUT2D eigenvalue weighted by molar-refractivity contribution is -0.0524. The highest BCUT2D eigenvalue weighted by Gasteiger charge is 2.39. The number of hydrogen-bond donors (Lipinski definition) is 1. The van der Waals surface area contributed by atoms with E-state index in [-0.39, 0.29) is 0 Å². The summed E-state index contributed by atoms with van der Waals surface area (Å²) in [5, 5.41) is 1.56. The topological polar surface area (TPSA) is 57.4 Å². The molecular formula is C17H20ClN2O2P. The molecule has 1 saturated heterocycles. The Labute approximate surface area is 143 Å². The molecule has 4 nitrogen and oxygen atoms in total. The molecule has 2 aromatic rings. The van der Waals surface area contributed by atoms with Gasteiger partial charge < -0.3 is 15.2 Å². The third-order valence-electron chi connectivity index (χ3n) is 4.12. The third-order valence-corrected chi connectivity index (χ3v) is 4.77. The van der Waals surface area contributed by atoms with Gasteiger partial charge in [0.25, 0.3) is 0 Å². The van der Waals surface area contributed by atoms with Gasteiger partial charge in [0.2, 0.25) is 0 Å². The van der Waals surface area contributed by atoms with E-state index in [1.54, 1.807) is 6.20 Å². The van der Waals surface area contributed by atoms with Crippen molar-refractivity contribution in [3.8, 4) is 5.75 Å². The van der Waals surface area contributed by atoms with Gasteiger partial charge in [0, 0.05) is 30.0 Å².